The van der Waals surface area contributed by atoms with Crippen LogP contribution in [0.2, 0.25) is 0 Å². The number of rotatable bonds is 5. The van der Waals surface area contributed by atoms with Crippen LogP contribution >= 0.6 is 0 Å². The van der Waals surface area contributed by atoms with Crippen LogP contribution in [0.4, 0.5) is 5.69 Å². The van der Waals surface area contributed by atoms with Crippen molar-refractivity contribution in [2.75, 3.05) is 4.90 Å². The Kier molecular flexibility index (Phi) is 6.35. The van der Waals surface area contributed by atoms with Gasteiger partial charge in [-0.05, 0) is 49.4 Å². The second kappa shape index (κ2) is 8.76. The fourth-order valence-corrected chi connectivity index (χ4v) is 3.98. The Bertz CT molecular complexity index is 788. The van der Waals surface area contributed by atoms with Gasteiger partial charge in [0.25, 0.3) is 5.91 Å². The van der Waals surface area contributed by atoms with E-state index in [2.05, 4.69) is 19.2 Å². The number of amides is 3. The molecule has 7 heteroatoms. The normalized spacial score (nSPS) is 25.6. The van der Waals surface area contributed by atoms with Gasteiger partial charge in [0.15, 0.2) is 6.10 Å². The first-order chi connectivity index (χ1) is 13.8. The molecule has 7 nitrogen and oxygen atoms in total. The van der Waals surface area contributed by atoms with Crippen LogP contribution < -0.4 is 10.2 Å². The van der Waals surface area contributed by atoms with Crippen molar-refractivity contribution >= 4 is 29.4 Å². The van der Waals surface area contributed by atoms with E-state index in [0.29, 0.717) is 17.5 Å². The minimum absolute atomic E-state index is 0.0993. The van der Waals surface area contributed by atoms with E-state index in [1.165, 1.54) is 30.7 Å². The third kappa shape index (κ3) is 4.66. The minimum Gasteiger partial charge on any atom is -0.449 e. The van der Waals surface area contributed by atoms with Crippen molar-refractivity contribution in [3.63, 3.8) is 0 Å². The maximum atomic E-state index is 12.5. The summed E-state index contributed by atoms with van der Waals surface area (Å²) < 4.78 is 5.31. The summed E-state index contributed by atoms with van der Waals surface area (Å²) in [6, 6.07) is 6.15. The molecule has 1 aromatic carbocycles. The van der Waals surface area contributed by atoms with Crippen LogP contribution in [0.25, 0.3) is 0 Å². The lowest BCUT2D eigenvalue weighted by Crippen LogP contribution is -2.47. The van der Waals surface area contributed by atoms with E-state index < -0.39 is 12.1 Å². The van der Waals surface area contributed by atoms with Crippen LogP contribution in [0.15, 0.2) is 24.3 Å². The fourth-order valence-electron chi connectivity index (χ4n) is 3.98. The highest BCUT2D eigenvalue weighted by atomic mass is 16.5. The summed E-state index contributed by atoms with van der Waals surface area (Å²) in [5, 5.41) is 3.01. The van der Waals surface area contributed by atoms with Gasteiger partial charge in [-0.2, -0.15) is 0 Å². The molecule has 0 radical (unpaired) electrons. The quantitative estimate of drug-likeness (QED) is 0.606. The molecule has 4 atom stereocenters. The first-order valence-electron chi connectivity index (χ1n) is 10.2. The smallest absolute Gasteiger partial charge is 0.338 e. The molecule has 1 saturated carbocycles. The average Bonchev–Trinajstić information content (AvgIpc) is 3.03. The second-order valence-corrected chi connectivity index (χ2v) is 8.10. The van der Waals surface area contributed by atoms with Crippen molar-refractivity contribution < 1.29 is 23.9 Å². The molecular formula is C22H28N2O5. The molecule has 0 unspecified atom stereocenters. The van der Waals surface area contributed by atoms with E-state index >= 15 is 0 Å². The summed E-state index contributed by atoms with van der Waals surface area (Å²) in [5.74, 6) is -0.472. The monoisotopic (exact) mass is 400 g/mol. The lowest BCUT2D eigenvalue weighted by molar-refractivity contribution is -0.130. The SMILES string of the molecule is C[C@@H]1[C@H](C)CCC[C@@H]1NC(=O)[C@@H](C)OC(=O)c1ccc(N2C(=O)CCC2=O)cc1. The van der Waals surface area contributed by atoms with Gasteiger partial charge in [0.05, 0.1) is 11.3 Å². The topological polar surface area (TPSA) is 92.8 Å². The molecule has 0 bridgehead atoms. The number of nitrogens with one attached hydrogen (secondary N) is 1. The number of hydrogen-bond donors (Lipinski definition) is 1. The molecule has 29 heavy (non-hydrogen) atoms. The minimum atomic E-state index is -0.909. The Balaban J connectivity index is 1.57. The van der Waals surface area contributed by atoms with Gasteiger partial charge < -0.3 is 10.1 Å². The summed E-state index contributed by atoms with van der Waals surface area (Å²) in [7, 11) is 0. The van der Waals surface area contributed by atoms with E-state index in [-0.39, 0.29) is 42.2 Å². The van der Waals surface area contributed by atoms with Crippen LogP contribution in [-0.2, 0) is 19.1 Å². The fraction of sp³-hybridized carbons (Fsp3) is 0.545. The van der Waals surface area contributed by atoms with Gasteiger partial charge in [-0.3, -0.25) is 19.3 Å². The highest BCUT2D eigenvalue weighted by Crippen LogP contribution is 2.29. The van der Waals surface area contributed by atoms with Crippen molar-refractivity contribution in [3.05, 3.63) is 29.8 Å². The Labute approximate surface area is 170 Å². The van der Waals surface area contributed by atoms with Crippen molar-refractivity contribution in [2.45, 2.75) is 65.0 Å². The first kappa shape index (κ1) is 21.0. The largest absolute Gasteiger partial charge is 0.449 e. The molecule has 2 fully saturated rings. The lowest BCUT2D eigenvalue weighted by atomic mass is 9.78. The summed E-state index contributed by atoms with van der Waals surface area (Å²) in [6.07, 6.45) is 2.68. The van der Waals surface area contributed by atoms with Crippen LogP contribution in [0, 0.1) is 11.8 Å². The Morgan fingerprint density at radius 2 is 1.69 bits per heavy atom. The standard InChI is InChI=1S/C22H28N2O5/c1-13-5-4-6-18(14(13)2)23-21(27)15(3)29-22(28)16-7-9-17(10-8-16)24-19(25)11-12-20(24)26/h7-10,13-15,18H,4-6,11-12H2,1-3H3,(H,23,27)/t13-,14-,15-,18+/m1/s1. The van der Waals surface area contributed by atoms with E-state index in [1.54, 1.807) is 6.92 Å². The summed E-state index contributed by atoms with van der Waals surface area (Å²) in [4.78, 5) is 49.6. The highest BCUT2D eigenvalue weighted by molar-refractivity contribution is 6.19. The number of hydrogen-bond acceptors (Lipinski definition) is 5. The zero-order chi connectivity index (χ0) is 21.1. The maximum Gasteiger partial charge on any atom is 0.338 e. The molecule has 1 heterocycles. The summed E-state index contributed by atoms with van der Waals surface area (Å²) in [6.45, 7) is 5.89. The third-order valence-corrected chi connectivity index (χ3v) is 6.10. The molecule has 1 saturated heterocycles. The van der Waals surface area contributed by atoms with E-state index in [0.717, 1.165) is 17.7 Å². The van der Waals surface area contributed by atoms with Gasteiger partial charge in [0, 0.05) is 18.9 Å². The van der Waals surface area contributed by atoms with E-state index in [1.807, 2.05) is 0 Å². The third-order valence-electron chi connectivity index (χ3n) is 6.10. The Morgan fingerprint density at radius 1 is 1.07 bits per heavy atom. The zero-order valence-electron chi connectivity index (χ0n) is 17.1. The van der Waals surface area contributed by atoms with Crippen LogP contribution in [0.1, 0.15) is 63.2 Å². The molecular weight excluding hydrogens is 372 g/mol. The summed E-state index contributed by atoms with van der Waals surface area (Å²) >= 11 is 0. The molecule has 1 aliphatic carbocycles. The first-order valence-corrected chi connectivity index (χ1v) is 10.2. The number of benzene rings is 1. The molecule has 1 aliphatic heterocycles. The van der Waals surface area contributed by atoms with Crippen LogP contribution in [-0.4, -0.2) is 35.8 Å². The van der Waals surface area contributed by atoms with Crippen LogP contribution in [0.5, 0.6) is 0 Å². The van der Waals surface area contributed by atoms with Gasteiger partial charge in [-0.15, -0.1) is 0 Å². The van der Waals surface area contributed by atoms with E-state index in [9.17, 15) is 19.2 Å². The van der Waals surface area contributed by atoms with Gasteiger partial charge in [0.1, 0.15) is 0 Å². The van der Waals surface area contributed by atoms with Crippen LogP contribution in [0.3, 0.4) is 0 Å². The van der Waals surface area contributed by atoms with E-state index in [4.69, 9.17) is 4.74 Å². The maximum absolute atomic E-state index is 12.5. The summed E-state index contributed by atoms with van der Waals surface area (Å²) in [5.41, 5.74) is 0.687. The number of carbonyl (C=O) groups is 4. The lowest BCUT2D eigenvalue weighted by Gasteiger charge is -2.35. The highest BCUT2D eigenvalue weighted by Gasteiger charge is 2.31. The predicted octanol–water partition coefficient (Wildman–Crippen LogP) is 2.83. The molecule has 3 amide bonds. The molecule has 0 spiro atoms. The zero-order valence-corrected chi connectivity index (χ0v) is 17.1. The predicted molar refractivity (Wildman–Crippen MR) is 107 cm³/mol. The van der Waals surface area contributed by atoms with Gasteiger partial charge in [-0.25, -0.2) is 4.79 Å². The number of esters is 1. The molecule has 156 valence electrons. The second-order valence-electron chi connectivity index (χ2n) is 8.10. The van der Waals surface area contributed by atoms with Crippen molar-refractivity contribution in [1.29, 1.82) is 0 Å². The van der Waals surface area contributed by atoms with Crippen molar-refractivity contribution in [2.24, 2.45) is 11.8 Å². The number of anilines is 1. The number of imide groups is 1. The van der Waals surface area contributed by atoms with Gasteiger partial charge >= 0.3 is 5.97 Å². The molecule has 1 aromatic rings. The Hall–Kier alpha value is -2.70. The Morgan fingerprint density at radius 3 is 2.31 bits per heavy atom. The van der Waals surface area contributed by atoms with Gasteiger partial charge in [0.2, 0.25) is 11.8 Å². The number of ether oxygens (including phenoxy) is 1. The molecule has 3 rings (SSSR count). The average molecular weight is 400 g/mol. The molecule has 2 aliphatic rings. The number of carbonyl (C=O) groups excluding carboxylic acids is 4. The number of nitrogens with zero attached hydrogens (tertiary/aromatic N) is 1. The van der Waals surface area contributed by atoms with Gasteiger partial charge in [-0.1, -0.05) is 26.7 Å². The van der Waals surface area contributed by atoms with Crippen molar-refractivity contribution in [1.82, 2.24) is 5.32 Å². The molecule has 0 aromatic heterocycles. The van der Waals surface area contributed by atoms with Crippen molar-refractivity contribution in [3.8, 4) is 0 Å². The molecule has 1 N–H and O–H groups in total.